The van der Waals surface area contributed by atoms with Crippen molar-refractivity contribution in [1.82, 2.24) is 9.88 Å². The summed E-state index contributed by atoms with van der Waals surface area (Å²) < 4.78 is 8.55. The summed E-state index contributed by atoms with van der Waals surface area (Å²) in [5, 5.41) is 14.3. The van der Waals surface area contributed by atoms with E-state index in [2.05, 4.69) is 40.2 Å². The van der Waals surface area contributed by atoms with Crippen LogP contribution in [-0.2, 0) is 6.54 Å². The highest BCUT2D eigenvalue weighted by atomic mass is 16.5. The summed E-state index contributed by atoms with van der Waals surface area (Å²) in [5.41, 5.74) is 5.76. The van der Waals surface area contributed by atoms with Crippen LogP contribution < -0.4 is 10.1 Å². The van der Waals surface area contributed by atoms with Crippen molar-refractivity contribution in [2.75, 3.05) is 6.61 Å². The SMILES string of the molecule is O=C(NC1CCC(O)CC1)c1ccc2c(C3CCCCC3)c3n(c2c1)CCOc1ccccc1-3. The molecular weight excluding hydrogens is 424 g/mol. The molecule has 0 bridgehead atoms. The molecule has 0 radical (unpaired) electrons. The Balaban J connectivity index is 1.44. The first-order chi connectivity index (χ1) is 16.7. The minimum atomic E-state index is -0.219. The fourth-order valence-electron chi connectivity index (χ4n) is 6.37. The van der Waals surface area contributed by atoms with Gasteiger partial charge in [-0.1, -0.05) is 37.5 Å². The zero-order chi connectivity index (χ0) is 23.1. The van der Waals surface area contributed by atoms with Crippen molar-refractivity contribution in [1.29, 1.82) is 0 Å². The van der Waals surface area contributed by atoms with Gasteiger partial charge in [0.1, 0.15) is 12.4 Å². The number of benzene rings is 2. The molecule has 3 aromatic rings. The van der Waals surface area contributed by atoms with E-state index in [0.29, 0.717) is 18.1 Å². The van der Waals surface area contributed by atoms with E-state index >= 15 is 0 Å². The third kappa shape index (κ3) is 3.90. The van der Waals surface area contributed by atoms with Crippen molar-refractivity contribution in [2.24, 2.45) is 0 Å². The first kappa shape index (κ1) is 21.7. The highest BCUT2D eigenvalue weighted by molar-refractivity contribution is 6.01. The molecule has 5 nitrogen and oxygen atoms in total. The Bertz CT molecular complexity index is 1200. The van der Waals surface area contributed by atoms with Crippen molar-refractivity contribution >= 4 is 16.8 Å². The molecule has 178 valence electrons. The van der Waals surface area contributed by atoms with E-state index in [0.717, 1.165) is 43.5 Å². The van der Waals surface area contributed by atoms with Gasteiger partial charge in [0.15, 0.2) is 0 Å². The van der Waals surface area contributed by atoms with E-state index in [9.17, 15) is 9.90 Å². The molecule has 2 saturated carbocycles. The fraction of sp³-hybridized carbons (Fsp3) is 0.483. The Labute approximate surface area is 201 Å². The zero-order valence-corrected chi connectivity index (χ0v) is 19.8. The number of amides is 1. The highest BCUT2D eigenvalue weighted by Crippen LogP contribution is 2.47. The van der Waals surface area contributed by atoms with E-state index in [4.69, 9.17) is 4.74 Å². The number of hydrogen-bond acceptors (Lipinski definition) is 3. The molecule has 2 heterocycles. The summed E-state index contributed by atoms with van der Waals surface area (Å²) in [5.74, 6) is 1.49. The first-order valence-electron chi connectivity index (χ1n) is 13.1. The van der Waals surface area contributed by atoms with Crippen LogP contribution in [0.1, 0.15) is 79.6 Å². The number of carbonyl (C=O) groups is 1. The maximum atomic E-state index is 13.2. The van der Waals surface area contributed by atoms with Crippen LogP contribution in [0.25, 0.3) is 22.2 Å². The Morgan fingerprint density at radius 3 is 2.59 bits per heavy atom. The van der Waals surface area contributed by atoms with Gasteiger partial charge in [-0.2, -0.15) is 0 Å². The first-order valence-corrected chi connectivity index (χ1v) is 13.1. The topological polar surface area (TPSA) is 63.5 Å². The van der Waals surface area contributed by atoms with Gasteiger partial charge in [-0.15, -0.1) is 0 Å². The van der Waals surface area contributed by atoms with Crippen molar-refractivity contribution < 1.29 is 14.6 Å². The molecule has 1 aliphatic heterocycles. The molecule has 0 atom stereocenters. The van der Waals surface area contributed by atoms with E-state index in [-0.39, 0.29) is 18.1 Å². The number of rotatable bonds is 3. The second-order valence-electron chi connectivity index (χ2n) is 10.3. The van der Waals surface area contributed by atoms with Crippen molar-refractivity contribution in [3.63, 3.8) is 0 Å². The molecule has 34 heavy (non-hydrogen) atoms. The molecule has 3 aliphatic rings. The molecule has 1 aromatic heterocycles. The third-order valence-electron chi connectivity index (χ3n) is 8.13. The van der Waals surface area contributed by atoms with Crippen LogP contribution in [0.2, 0.25) is 0 Å². The van der Waals surface area contributed by atoms with Gasteiger partial charge in [0.05, 0.1) is 18.3 Å². The standard InChI is InChI=1S/C29H34N2O3/c32-22-13-11-21(12-14-22)30-29(33)20-10-15-23-25(18-20)31-16-17-34-26-9-5-4-8-24(26)28(31)27(23)19-6-2-1-3-7-19/h4-5,8-10,15,18-19,21-22,32H,1-3,6-7,11-14,16-17H2,(H,30,33). The number of nitrogens with one attached hydrogen (secondary N) is 1. The lowest BCUT2D eigenvalue weighted by molar-refractivity contribution is 0.0867. The van der Waals surface area contributed by atoms with Gasteiger partial charge in [0, 0.05) is 28.1 Å². The molecular formula is C29H34N2O3. The number of ether oxygens (including phenoxy) is 1. The van der Waals surface area contributed by atoms with Crippen molar-refractivity contribution in [3.05, 3.63) is 53.6 Å². The van der Waals surface area contributed by atoms with Crippen LogP contribution >= 0.6 is 0 Å². The lowest BCUT2D eigenvalue weighted by Gasteiger charge is -2.26. The summed E-state index contributed by atoms with van der Waals surface area (Å²) in [6.07, 6.45) is 9.34. The molecule has 1 amide bonds. The summed E-state index contributed by atoms with van der Waals surface area (Å²) in [6.45, 7) is 1.40. The summed E-state index contributed by atoms with van der Waals surface area (Å²) >= 11 is 0. The number of aromatic nitrogens is 1. The predicted octanol–water partition coefficient (Wildman–Crippen LogP) is 5.78. The Kier molecular flexibility index (Phi) is 5.82. The molecule has 2 aliphatic carbocycles. The quantitative estimate of drug-likeness (QED) is 0.523. The highest BCUT2D eigenvalue weighted by Gasteiger charge is 2.29. The molecule has 2 N–H and O–H groups in total. The minimum absolute atomic E-state index is 0.0108. The van der Waals surface area contributed by atoms with Crippen molar-refractivity contribution in [3.8, 4) is 17.0 Å². The second kappa shape index (κ2) is 9.10. The molecule has 6 rings (SSSR count). The van der Waals surface area contributed by atoms with Crippen LogP contribution in [0.4, 0.5) is 0 Å². The normalized spacial score (nSPS) is 23.0. The summed E-state index contributed by atoms with van der Waals surface area (Å²) in [7, 11) is 0. The van der Waals surface area contributed by atoms with Gasteiger partial charge in [-0.05, 0) is 74.3 Å². The van der Waals surface area contributed by atoms with Gasteiger partial charge >= 0.3 is 0 Å². The molecule has 2 fully saturated rings. The molecule has 5 heteroatoms. The van der Waals surface area contributed by atoms with Crippen LogP contribution in [0.15, 0.2) is 42.5 Å². The van der Waals surface area contributed by atoms with E-state index in [1.807, 2.05) is 12.1 Å². The number of hydrogen-bond donors (Lipinski definition) is 2. The van der Waals surface area contributed by atoms with Crippen LogP contribution in [-0.4, -0.2) is 34.3 Å². The molecule has 0 spiro atoms. The Morgan fingerprint density at radius 1 is 0.971 bits per heavy atom. The maximum Gasteiger partial charge on any atom is 0.251 e. The van der Waals surface area contributed by atoms with Gasteiger partial charge < -0.3 is 19.7 Å². The lowest BCUT2D eigenvalue weighted by atomic mass is 9.81. The van der Waals surface area contributed by atoms with E-state index < -0.39 is 0 Å². The van der Waals surface area contributed by atoms with Crippen LogP contribution in [0, 0.1) is 0 Å². The number of carbonyl (C=O) groups excluding carboxylic acids is 1. The summed E-state index contributed by atoms with van der Waals surface area (Å²) in [6, 6.07) is 14.8. The fourth-order valence-corrected chi connectivity index (χ4v) is 6.37. The number of aliphatic hydroxyl groups is 1. The summed E-state index contributed by atoms with van der Waals surface area (Å²) in [4.78, 5) is 13.2. The van der Waals surface area contributed by atoms with Crippen LogP contribution in [0.3, 0.4) is 0 Å². The minimum Gasteiger partial charge on any atom is -0.491 e. The average Bonchev–Trinajstić information content (AvgIpc) is 3.07. The third-order valence-corrected chi connectivity index (χ3v) is 8.13. The average molecular weight is 459 g/mol. The number of fused-ring (bicyclic) bond motifs is 5. The number of para-hydroxylation sites is 1. The van der Waals surface area contributed by atoms with Gasteiger partial charge in [-0.3, -0.25) is 4.79 Å². The van der Waals surface area contributed by atoms with Gasteiger partial charge in [-0.25, -0.2) is 0 Å². The predicted molar refractivity (Wildman–Crippen MR) is 134 cm³/mol. The maximum absolute atomic E-state index is 13.2. The van der Waals surface area contributed by atoms with Crippen LogP contribution in [0.5, 0.6) is 5.75 Å². The smallest absolute Gasteiger partial charge is 0.251 e. The zero-order valence-electron chi connectivity index (χ0n) is 19.8. The lowest BCUT2D eigenvalue weighted by Crippen LogP contribution is -2.38. The number of nitrogens with zero attached hydrogens (tertiary/aromatic N) is 1. The Hall–Kier alpha value is -2.79. The molecule has 2 aromatic carbocycles. The van der Waals surface area contributed by atoms with Gasteiger partial charge in [0.25, 0.3) is 5.91 Å². The second-order valence-corrected chi connectivity index (χ2v) is 10.3. The monoisotopic (exact) mass is 458 g/mol. The largest absolute Gasteiger partial charge is 0.491 e. The van der Waals surface area contributed by atoms with Gasteiger partial charge in [0.2, 0.25) is 0 Å². The molecule has 0 saturated heterocycles. The van der Waals surface area contributed by atoms with E-state index in [1.54, 1.807) is 0 Å². The number of aliphatic hydroxyl groups excluding tert-OH is 1. The van der Waals surface area contributed by atoms with Crippen molar-refractivity contribution in [2.45, 2.75) is 82.4 Å². The Morgan fingerprint density at radius 2 is 1.76 bits per heavy atom. The molecule has 0 unspecified atom stereocenters. The van der Waals surface area contributed by atoms with E-state index in [1.165, 1.54) is 54.3 Å².